The highest BCUT2D eigenvalue weighted by Gasteiger charge is 2.11. The molecule has 4 heteroatoms. The van der Waals surface area contributed by atoms with Crippen LogP contribution in [-0.2, 0) is 17.6 Å². The van der Waals surface area contributed by atoms with Gasteiger partial charge in [-0.3, -0.25) is 9.59 Å². The van der Waals surface area contributed by atoms with Crippen LogP contribution in [0.25, 0.3) is 0 Å². The van der Waals surface area contributed by atoms with E-state index in [2.05, 4.69) is 0 Å². The van der Waals surface area contributed by atoms with E-state index in [4.69, 9.17) is 16.0 Å². The monoisotopic (exact) mass is 276 g/mol. The van der Waals surface area contributed by atoms with E-state index in [0.717, 1.165) is 0 Å². The van der Waals surface area contributed by atoms with E-state index >= 15 is 0 Å². The van der Waals surface area contributed by atoms with Gasteiger partial charge >= 0.3 is 0 Å². The number of ketones is 2. The summed E-state index contributed by atoms with van der Waals surface area (Å²) in [5.74, 6) is 1.11. The SMILES string of the molecule is CC(=O)Cc1ccc(CC(=O)c2cccc(Cl)c2)o1. The maximum absolute atomic E-state index is 12.0. The second kappa shape index (κ2) is 5.85. The maximum atomic E-state index is 12.0. The van der Waals surface area contributed by atoms with Crippen molar-refractivity contribution in [2.45, 2.75) is 19.8 Å². The fraction of sp³-hybridized carbons (Fsp3) is 0.200. The van der Waals surface area contributed by atoms with Crippen LogP contribution in [0.1, 0.15) is 28.8 Å². The lowest BCUT2D eigenvalue weighted by Crippen LogP contribution is -2.02. The second-order valence-corrected chi connectivity index (χ2v) is 4.79. The van der Waals surface area contributed by atoms with Gasteiger partial charge in [0.15, 0.2) is 5.78 Å². The predicted octanol–water partition coefficient (Wildman–Crippen LogP) is 3.49. The van der Waals surface area contributed by atoms with Gasteiger partial charge in [0.05, 0.1) is 12.8 Å². The topological polar surface area (TPSA) is 47.3 Å². The zero-order valence-electron chi connectivity index (χ0n) is 10.5. The van der Waals surface area contributed by atoms with E-state index in [-0.39, 0.29) is 24.4 Å². The van der Waals surface area contributed by atoms with Crippen molar-refractivity contribution in [3.8, 4) is 0 Å². The molecule has 2 rings (SSSR count). The first kappa shape index (κ1) is 13.6. The van der Waals surface area contributed by atoms with Crippen molar-refractivity contribution in [1.82, 2.24) is 0 Å². The van der Waals surface area contributed by atoms with E-state index < -0.39 is 0 Å². The molecule has 0 aliphatic heterocycles. The number of rotatable bonds is 5. The van der Waals surface area contributed by atoms with Crippen LogP contribution in [0.2, 0.25) is 5.02 Å². The fourth-order valence-electron chi connectivity index (χ4n) is 1.78. The number of hydrogen-bond acceptors (Lipinski definition) is 3. The highest BCUT2D eigenvalue weighted by atomic mass is 35.5. The number of benzene rings is 1. The number of carbonyl (C=O) groups is 2. The third-order valence-corrected chi connectivity index (χ3v) is 2.86. The van der Waals surface area contributed by atoms with Gasteiger partial charge in [-0.25, -0.2) is 0 Å². The lowest BCUT2D eigenvalue weighted by molar-refractivity contribution is -0.116. The van der Waals surface area contributed by atoms with Crippen LogP contribution >= 0.6 is 11.6 Å². The highest BCUT2D eigenvalue weighted by Crippen LogP contribution is 2.15. The largest absolute Gasteiger partial charge is 0.465 e. The minimum absolute atomic E-state index is 0.0297. The molecule has 0 saturated heterocycles. The molecule has 98 valence electrons. The summed E-state index contributed by atoms with van der Waals surface area (Å²) in [5, 5.41) is 0.530. The van der Waals surface area contributed by atoms with Gasteiger partial charge in [-0.2, -0.15) is 0 Å². The molecular weight excluding hydrogens is 264 g/mol. The second-order valence-electron chi connectivity index (χ2n) is 4.36. The normalized spacial score (nSPS) is 10.4. The average Bonchev–Trinajstić information content (AvgIpc) is 2.75. The van der Waals surface area contributed by atoms with E-state index in [1.807, 2.05) is 0 Å². The van der Waals surface area contributed by atoms with Crippen molar-refractivity contribution in [2.75, 3.05) is 0 Å². The van der Waals surface area contributed by atoms with Gasteiger partial charge in [-0.1, -0.05) is 23.7 Å². The number of Topliss-reactive ketones (excluding diaryl/α,β-unsaturated/α-hetero) is 2. The lowest BCUT2D eigenvalue weighted by atomic mass is 10.1. The van der Waals surface area contributed by atoms with Crippen LogP contribution in [0.3, 0.4) is 0 Å². The summed E-state index contributed by atoms with van der Waals surface area (Å²) in [6.45, 7) is 1.50. The number of furan rings is 1. The summed E-state index contributed by atoms with van der Waals surface area (Å²) in [4.78, 5) is 23.0. The lowest BCUT2D eigenvalue weighted by Gasteiger charge is -1.99. The molecule has 0 N–H and O–H groups in total. The molecule has 0 saturated carbocycles. The minimum atomic E-state index is -0.0637. The Labute approximate surface area is 116 Å². The van der Waals surface area contributed by atoms with Gasteiger partial charge in [0.1, 0.15) is 17.3 Å². The highest BCUT2D eigenvalue weighted by molar-refractivity contribution is 6.31. The molecule has 1 heterocycles. The molecule has 0 unspecified atom stereocenters. The van der Waals surface area contributed by atoms with Crippen LogP contribution in [0.4, 0.5) is 0 Å². The van der Waals surface area contributed by atoms with E-state index in [0.29, 0.717) is 22.1 Å². The van der Waals surface area contributed by atoms with Crippen LogP contribution < -0.4 is 0 Å². The Balaban J connectivity index is 2.06. The standard InChI is InChI=1S/C15H13ClO3/c1-10(17)7-13-5-6-14(19-13)9-15(18)11-3-2-4-12(16)8-11/h2-6,8H,7,9H2,1H3. The first-order chi connectivity index (χ1) is 9.04. The minimum Gasteiger partial charge on any atom is -0.465 e. The summed E-state index contributed by atoms with van der Waals surface area (Å²) in [5.41, 5.74) is 0.553. The average molecular weight is 277 g/mol. The maximum Gasteiger partial charge on any atom is 0.170 e. The van der Waals surface area contributed by atoms with Crippen molar-refractivity contribution < 1.29 is 14.0 Å². The molecule has 0 aliphatic rings. The quantitative estimate of drug-likeness (QED) is 0.786. The summed E-state index contributed by atoms with van der Waals surface area (Å²) >= 11 is 5.84. The van der Waals surface area contributed by atoms with Crippen molar-refractivity contribution in [3.63, 3.8) is 0 Å². The van der Waals surface area contributed by atoms with Crippen LogP contribution in [0.15, 0.2) is 40.8 Å². The summed E-state index contributed by atoms with van der Waals surface area (Å²) in [7, 11) is 0. The Morgan fingerprint density at radius 1 is 1.11 bits per heavy atom. The van der Waals surface area contributed by atoms with E-state index in [1.54, 1.807) is 36.4 Å². The van der Waals surface area contributed by atoms with Crippen molar-refractivity contribution >= 4 is 23.2 Å². The molecule has 0 atom stereocenters. The Kier molecular flexibility index (Phi) is 4.17. The van der Waals surface area contributed by atoms with Crippen molar-refractivity contribution in [1.29, 1.82) is 0 Å². The first-order valence-corrected chi connectivity index (χ1v) is 6.28. The van der Waals surface area contributed by atoms with Crippen LogP contribution in [0.5, 0.6) is 0 Å². The molecule has 0 spiro atoms. The van der Waals surface area contributed by atoms with Crippen LogP contribution in [-0.4, -0.2) is 11.6 Å². The Morgan fingerprint density at radius 3 is 2.42 bits per heavy atom. The zero-order chi connectivity index (χ0) is 13.8. The molecule has 1 aromatic heterocycles. The third kappa shape index (κ3) is 3.80. The van der Waals surface area contributed by atoms with E-state index in [9.17, 15) is 9.59 Å². The molecular formula is C15H13ClO3. The van der Waals surface area contributed by atoms with Gasteiger partial charge < -0.3 is 4.42 Å². The molecule has 0 fully saturated rings. The molecule has 3 nitrogen and oxygen atoms in total. The van der Waals surface area contributed by atoms with Gasteiger partial charge in [0, 0.05) is 10.6 Å². The fourth-order valence-corrected chi connectivity index (χ4v) is 1.97. The number of halogens is 1. The molecule has 1 aromatic carbocycles. The molecule has 0 bridgehead atoms. The molecule has 0 radical (unpaired) electrons. The summed E-state index contributed by atoms with van der Waals surface area (Å²) < 4.78 is 5.44. The predicted molar refractivity (Wildman–Crippen MR) is 72.6 cm³/mol. The molecule has 19 heavy (non-hydrogen) atoms. The molecule has 0 aliphatic carbocycles. The Morgan fingerprint density at radius 2 is 1.79 bits per heavy atom. The number of hydrogen-bond donors (Lipinski definition) is 0. The van der Waals surface area contributed by atoms with Gasteiger partial charge in [0.2, 0.25) is 0 Å². The van der Waals surface area contributed by atoms with Gasteiger partial charge in [-0.05, 0) is 31.2 Å². The third-order valence-electron chi connectivity index (χ3n) is 2.62. The number of carbonyl (C=O) groups excluding carboxylic acids is 2. The van der Waals surface area contributed by atoms with Crippen LogP contribution in [0, 0.1) is 0 Å². The smallest absolute Gasteiger partial charge is 0.170 e. The van der Waals surface area contributed by atoms with Gasteiger partial charge in [-0.15, -0.1) is 0 Å². The van der Waals surface area contributed by atoms with E-state index in [1.165, 1.54) is 6.92 Å². The zero-order valence-corrected chi connectivity index (χ0v) is 11.2. The van der Waals surface area contributed by atoms with Crippen molar-refractivity contribution in [2.24, 2.45) is 0 Å². The van der Waals surface area contributed by atoms with Gasteiger partial charge in [0.25, 0.3) is 0 Å². The Bertz CT molecular complexity index is 613. The van der Waals surface area contributed by atoms with Crippen molar-refractivity contribution in [3.05, 3.63) is 58.5 Å². The summed E-state index contributed by atoms with van der Waals surface area (Å²) in [6, 6.07) is 10.2. The first-order valence-electron chi connectivity index (χ1n) is 5.90. The molecule has 0 amide bonds. The summed E-state index contributed by atoms with van der Waals surface area (Å²) in [6.07, 6.45) is 0.420. The Hall–Kier alpha value is -1.87. The molecule has 2 aromatic rings.